The standard InChI is InChI=1S/C21H32F2/c1-3-5-7-9-18-12-15-20(21(22,23)16-18)19-13-10-17(11-14-19)8-6-4-2/h10-11,13-14,18,20H,3-9,12,15-16H2,1-2H3. The number of unbranched alkanes of at least 4 members (excludes halogenated alkanes) is 3. The van der Waals surface area contributed by atoms with Crippen molar-refractivity contribution in [2.24, 2.45) is 5.92 Å². The minimum absolute atomic E-state index is 0.0823. The second-order valence-electron chi connectivity index (χ2n) is 7.30. The van der Waals surface area contributed by atoms with E-state index in [1.165, 1.54) is 24.8 Å². The van der Waals surface area contributed by atoms with E-state index in [1.807, 2.05) is 12.1 Å². The Labute approximate surface area is 140 Å². The van der Waals surface area contributed by atoms with Gasteiger partial charge in [-0.1, -0.05) is 70.2 Å². The van der Waals surface area contributed by atoms with E-state index in [2.05, 4.69) is 26.0 Å². The SMILES string of the molecule is CCCCCC1CCC(c2ccc(CCCC)cc2)C(F)(F)C1. The van der Waals surface area contributed by atoms with Crippen LogP contribution in [-0.4, -0.2) is 5.92 Å². The van der Waals surface area contributed by atoms with Crippen LogP contribution in [-0.2, 0) is 6.42 Å². The third kappa shape index (κ3) is 5.29. The van der Waals surface area contributed by atoms with Crippen LogP contribution in [0.25, 0.3) is 0 Å². The second kappa shape index (κ2) is 8.80. The quantitative estimate of drug-likeness (QED) is 0.447. The van der Waals surface area contributed by atoms with Gasteiger partial charge in [-0.15, -0.1) is 0 Å². The zero-order chi connectivity index (χ0) is 16.7. The van der Waals surface area contributed by atoms with Gasteiger partial charge in [-0.25, -0.2) is 8.78 Å². The summed E-state index contributed by atoms with van der Waals surface area (Å²) in [5, 5.41) is 0. The maximum absolute atomic E-state index is 14.6. The number of rotatable bonds is 8. The van der Waals surface area contributed by atoms with E-state index in [-0.39, 0.29) is 12.3 Å². The van der Waals surface area contributed by atoms with E-state index in [0.717, 1.165) is 37.7 Å². The summed E-state index contributed by atoms with van der Waals surface area (Å²) in [7, 11) is 0. The first-order valence-corrected chi connectivity index (χ1v) is 9.53. The summed E-state index contributed by atoms with van der Waals surface area (Å²) in [4.78, 5) is 0. The molecule has 0 amide bonds. The summed E-state index contributed by atoms with van der Waals surface area (Å²) >= 11 is 0. The molecule has 0 spiro atoms. The van der Waals surface area contributed by atoms with Crippen LogP contribution in [0, 0.1) is 5.92 Å². The molecule has 1 aliphatic carbocycles. The molecule has 0 heterocycles. The average Bonchev–Trinajstić information content (AvgIpc) is 2.53. The summed E-state index contributed by atoms with van der Waals surface area (Å²) < 4.78 is 29.2. The fraction of sp³-hybridized carbons (Fsp3) is 0.714. The molecule has 1 saturated carbocycles. The van der Waals surface area contributed by atoms with Crippen LogP contribution in [0.3, 0.4) is 0 Å². The second-order valence-corrected chi connectivity index (χ2v) is 7.30. The number of hydrogen-bond acceptors (Lipinski definition) is 0. The molecule has 0 aliphatic heterocycles. The monoisotopic (exact) mass is 322 g/mol. The summed E-state index contributed by atoms with van der Waals surface area (Å²) in [5.74, 6) is -2.90. The maximum atomic E-state index is 14.6. The number of benzene rings is 1. The first kappa shape index (κ1) is 18.4. The molecule has 2 unspecified atom stereocenters. The van der Waals surface area contributed by atoms with E-state index in [0.29, 0.717) is 6.42 Å². The molecule has 1 aromatic rings. The van der Waals surface area contributed by atoms with Gasteiger partial charge in [-0.3, -0.25) is 0 Å². The molecule has 2 rings (SSSR count). The Bertz CT molecular complexity index is 449. The van der Waals surface area contributed by atoms with Crippen molar-refractivity contribution in [2.75, 3.05) is 0 Å². The van der Waals surface area contributed by atoms with Gasteiger partial charge in [0.05, 0.1) is 0 Å². The van der Waals surface area contributed by atoms with Crippen LogP contribution in [0.2, 0.25) is 0 Å². The Balaban J connectivity index is 1.95. The van der Waals surface area contributed by atoms with E-state index in [4.69, 9.17) is 0 Å². The van der Waals surface area contributed by atoms with E-state index in [1.54, 1.807) is 0 Å². The van der Waals surface area contributed by atoms with Crippen LogP contribution in [0.1, 0.15) is 88.7 Å². The number of alkyl halides is 2. The highest BCUT2D eigenvalue weighted by atomic mass is 19.3. The molecule has 23 heavy (non-hydrogen) atoms. The van der Waals surface area contributed by atoms with Gasteiger partial charge >= 0.3 is 0 Å². The summed E-state index contributed by atoms with van der Waals surface area (Å²) in [6.07, 6.45) is 9.48. The molecule has 0 N–H and O–H groups in total. The van der Waals surface area contributed by atoms with Gasteiger partial charge in [0.2, 0.25) is 0 Å². The lowest BCUT2D eigenvalue weighted by Crippen LogP contribution is -2.34. The van der Waals surface area contributed by atoms with Crippen LogP contribution < -0.4 is 0 Å². The highest BCUT2D eigenvalue weighted by Gasteiger charge is 2.45. The molecule has 0 bridgehead atoms. The predicted molar refractivity (Wildman–Crippen MR) is 94.2 cm³/mol. The van der Waals surface area contributed by atoms with Crippen molar-refractivity contribution < 1.29 is 8.78 Å². The zero-order valence-corrected chi connectivity index (χ0v) is 14.8. The first-order valence-electron chi connectivity index (χ1n) is 9.53. The molecular formula is C21H32F2. The van der Waals surface area contributed by atoms with Crippen molar-refractivity contribution in [2.45, 2.75) is 89.9 Å². The van der Waals surface area contributed by atoms with Crippen LogP contribution >= 0.6 is 0 Å². The molecular weight excluding hydrogens is 290 g/mol. The molecule has 1 aliphatic rings. The van der Waals surface area contributed by atoms with E-state index < -0.39 is 11.8 Å². The lowest BCUT2D eigenvalue weighted by molar-refractivity contribution is -0.0737. The Hall–Kier alpha value is -0.920. The fourth-order valence-corrected chi connectivity index (χ4v) is 3.88. The molecule has 0 saturated heterocycles. The van der Waals surface area contributed by atoms with Gasteiger partial charge in [0, 0.05) is 12.3 Å². The fourth-order valence-electron chi connectivity index (χ4n) is 3.88. The van der Waals surface area contributed by atoms with Crippen molar-refractivity contribution in [3.8, 4) is 0 Å². The Kier molecular flexibility index (Phi) is 7.05. The van der Waals surface area contributed by atoms with Crippen LogP contribution in [0.5, 0.6) is 0 Å². The Morgan fingerprint density at radius 3 is 2.26 bits per heavy atom. The van der Waals surface area contributed by atoms with Crippen molar-refractivity contribution in [1.82, 2.24) is 0 Å². The molecule has 2 atom stereocenters. The average molecular weight is 322 g/mol. The first-order chi connectivity index (χ1) is 11.1. The lowest BCUT2D eigenvalue weighted by Gasteiger charge is -2.36. The molecule has 0 aromatic heterocycles. The van der Waals surface area contributed by atoms with Gasteiger partial charge in [0.25, 0.3) is 5.92 Å². The van der Waals surface area contributed by atoms with Crippen LogP contribution in [0.15, 0.2) is 24.3 Å². The van der Waals surface area contributed by atoms with Crippen LogP contribution in [0.4, 0.5) is 8.78 Å². The smallest absolute Gasteiger partial charge is 0.206 e. The largest absolute Gasteiger partial charge is 0.255 e. The predicted octanol–water partition coefficient (Wildman–Crippen LogP) is 7.13. The van der Waals surface area contributed by atoms with Crippen molar-refractivity contribution in [1.29, 1.82) is 0 Å². The molecule has 2 heteroatoms. The minimum atomic E-state index is -2.54. The molecule has 130 valence electrons. The van der Waals surface area contributed by atoms with Crippen molar-refractivity contribution in [3.05, 3.63) is 35.4 Å². The maximum Gasteiger partial charge on any atom is 0.255 e. The lowest BCUT2D eigenvalue weighted by atomic mass is 9.74. The number of halogens is 2. The van der Waals surface area contributed by atoms with E-state index in [9.17, 15) is 8.78 Å². The summed E-state index contributed by atoms with van der Waals surface area (Å²) in [6, 6.07) is 7.99. The molecule has 0 radical (unpaired) electrons. The molecule has 1 fully saturated rings. The molecule has 1 aromatic carbocycles. The number of hydrogen-bond donors (Lipinski definition) is 0. The Morgan fingerprint density at radius 1 is 0.957 bits per heavy atom. The topological polar surface area (TPSA) is 0 Å². The van der Waals surface area contributed by atoms with Gasteiger partial charge in [-0.2, -0.15) is 0 Å². The van der Waals surface area contributed by atoms with Gasteiger partial charge in [0.15, 0.2) is 0 Å². The molecule has 0 nitrogen and oxygen atoms in total. The van der Waals surface area contributed by atoms with Gasteiger partial charge in [-0.05, 0) is 42.7 Å². The number of aryl methyl sites for hydroxylation is 1. The van der Waals surface area contributed by atoms with E-state index >= 15 is 0 Å². The summed E-state index contributed by atoms with van der Waals surface area (Å²) in [5.41, 5.74) is 2.11. The van der Waals surface area contributed by atoms with Gasteiger partial charge in [0.1, 0.15) is 0 Å². The third-order valence-electron chi connectivity index (χ3n) is 5.35. The normalized spacial score (nSPS) is 23.8. The third-order valence-corrected chi connectivity index (χ3v) is 5.35. The highest BCUT2D eigenvalue weighted by Crippen LogP contribution is 2.48. The van der Waals surface area contributed by atoms with Crippen molar-refractivity contribution >= 4 is 0 Å². The minimum Gasteiger partial charge on any atom is -0.206 e. The van der Waals surface area contributed by atoms with Crippen molar-refractivity contribution in [3.63, 3.8) is 0 Å². The highest BCUT2D eigenvalue weighted by molar-refractivity contribution is 5.27. The summed E-state index contributed by atoms with van der Waals surface area (Å²) in [6.45, 7) is 4.34. The Morgan fingerprint density at radius 2 is 1.65 bits per heavy atom. The van der Waals surface area contributed by atoms with Gasteiger partial charge < -0.3 is 0 Å². The zero-order valence-electron chi connectivity index (χ0n) is 14.8.